The first-order valence-electron chi connectivity index (χ1n) is 13.9. The van der Waals surface area contributed by atoms with Gasteiger partial charge >= 0.3 is 0 Å². The topological polar surface area (TPSA) is 106 Å². The molecule has 2 aliphatic rings. The van der Waals surface area contributed by atoms with Gasteiger partial charge in [0.2, 0.25) is 0 Å². The monoisotopic (exact) mass is 535 g/mol. The first-order valence-corrected chi connectivity index (χ1v) is 13.9. The molecule has 0 unspecified atom stereocenters. The Morgan fingerprint density at radius 2 is 1.15 bits per heavy atom. The van der Waals surface area contributed by atoms with Crippen LogP contribution in [0.1, 0.15) is 0 Å². The molecule has 0 spiro atoms. The SMILES string of the molecule is C[N+]1(CCO)CCN(c2ccnc(-c3cc(=O)cc(-c4cc(N5CC[N+](C)(CCO)CC5)ccn4)[nH]3)c2)CC1. The van der Waals surface area contributed by atoms with E-state index in [2.05, 4.69) is 38.8 Å². The number of aliphatic hydroxyl groups is 2. The number of aliphatic hydroxyl groups excluding tert-OH is 2. The van der Waals surface area contributed by atoms with Gasteiger partial charge in [-0.1, -0.05) is 0 Å². The molecule has 0 aromatic carbocycles. The number of piperazine rings is 2. The van der Waals surface area contributed by atoms with Crippen molar-refractivity contribution in [3.05, 3.63) is 59.0 Å². The number of quaternary nitrogens is 2. The first kappa shape index (κ1) is 27.3. The van der Waals surface area contributed by atoms with Crippen molar-refractivity contribution < 1.29 is 19.2 Å². The number of H-pyrrole nitrogens is 1. The minimum absolute atomic E-state index is 0.0942. The third kappa shape index (κ3) is 6.30. The summed E-state index contributed by atoms with van der Waals surface area (Å²) in [6.45, 7) is 9.49. The summed E-state index contributed by atoms with van der Waals surface area (Å²) >= 11 is 0. The second kappa shape index (κ2) is 11.4. The van der Waals surface area contributed by atoms with Crippen LogP contribution < -0.4 is 15.2 Å². The number of rotatable bonds is 8. The Labute approximate surface area is 230 Å². The van der Waals surface area contributed by atoms with Crippen molar-refractivity contribution in [1.29, 1.82) is 0 Å². The van der Waals surface area contributed by atoms with Gasteiger partial charge in [0.05, 0.1) is 102 Å². The maximum Gasteiger partial charge on any atom is 0.182 e. The van der Waals surface area contributed by atoms with E-state index in [1.54, 1.807) is 24.5 Å². The lowest BCUT2D eigenvalue weighted by Crippen LogP contribution is -2.58. The largest absolute Gasteiger partial charge is 0.391 e. The molecule has 2 saturated heterocycles. The Bertz CT molecular complexity index is 1230. The number of aromatic amines is 1. The van der Waals surface area contributed by atoms with Gasteiger partial charge in [0.25, 0.3) is 0 Å². The van der Waals surface area contributed by atoms with E-state index in [1.165, 1.54) is 0 Å². The van der Waals surface area contributed by atoms with E-state index in [4.69, 9.17) is 0 Å². The smallest absolute Gasteiger partial charge is 0.182 e. The molecule has 2 fully saturated rings. The molecular formula is C29H41N7O3+2. The zero-order valence-corrected chi connectivity index (χ0v) is 23.1. The van der Waals surface area contributed by atoms with Crippen molar-refractivity contribution in [3.63, 3.8) is 0 Å². The third-order valence-electron chi connectivity index (χ3n) is 8.53. The number of hydrogen-bond donors (Lipinski definition) is 3. The van der Waals surface area contributed by atoms with Crippen LogP contribution in [0.3, 0.4) is 0 Å². The van der Waals surface area contributed by atoms with E-state index in [9.17, 15) is 15.0 Å². The average molecular weight is 536 g/mol. The fourth-order valence-electron chi connectivity index (χ4n) is 5.69. The number of hydrogen-bond acceptors (Lipinski definition) is 7. The molecule has 5 heterocycles. The molecule has 10 nitrogen and oxygen atoms in total. The van der Waals surface area contributed by atoms with Crippen molar-refractivity contribution in [3.8, 4) is 22.8 Å². The van der Waals surface area contributed by atoms with Crippen LogP contribution in [0.25, 0.3) is 22.8 Å². The Morgan fingerprint density at radius 1 is 0.744 bits per heavy atom. The summed E-state index contributed by atoms with van der Waals surface area (Å²) in [5.74, 6) is 0. The average Bonchev–Trinajstić information content (AvgIpc) is 2.94. The number of nitrogens with zero attached hydrogens (tertiary/aromatic N) is 6. The summed E-state index contributed by atoms with van der Waals surface area (Å²) in [4.78, 5) is 30.0. The molecule has 0 amide bonds. The Balaban J connectivity index is 1.35. The highest BCUT2D eigenvalue weighted by Gasteiger charge is 2.29. The Morgan fingerprint density at radius 3 is 1.54 bits per heavy atom. The third-order valence-corrected chi connectivity index (χ3v) is 8.53. The van der Waals surface area contributed by atoms with Crippen molar-refractivity contribution >= 4 is 11.4 Å². The van der Waals surface area contributed by atoms with Crippen LogP contribution >= 0.6 is 0 Å². The molecule has 0 radical (unpaired) electrons. The van der Waals surface area contributed by atoms with Crippen LogP contribution in [0.5, 0.6) is 0 Å². The van der Waals surface area contributed by atoms with Crippen molar-refractivity contribution in [2.24, 2.45) is 0 Å². The predicted octanol–water partition coefficient (Wildman–Crippen LogP) is 1.02. The van der Waals surface area contributed by atoms with Crippen LogP contribution in [0.15, 0.2) is 53.6 Å². The molecule has 39 heavy (non-hydrogen) atoms. The van der Waals surface area contributed by atoms with Gasteiger partial charge in [0.1, 0.15) is 13.1 Å². The standard InChI is InChI=1S/C29H40N7O3/c1-35(15-17-37)11-7-33(8-12-35)23-3-5-30-26(19-23)28-21-25(39)22-29(32-28)27-20-24(4-6-31-27)34-9-13-36(2,14-10-34)16-18-38/h3-6,19-22,37-38H,7-18H2,1-2H3/q+1/p+1. The minimum Gasteiger partial charge on any atom is -0.391 e. The van der Waals surface area contributed by atoms with E-state index in [-0.39, 0.29) is 18.6 Å². The van der Waals surface area contributed by atoms with E-state index >= 15 is 0 Å². The van der Waals surface area contributed by atoms with Crippen molar-refractivity contribution in [1.82, 2.24) is 15.0 Å². The number of nitrogens with one attached hydrogen (secondary N) is 1. The summed E-state index contributed by atoms with van der Waals surface area (Å²) in [5.41, 5.74) is 4.84. The zero-order valence-electron chi connectivity index (χ0n) is 23.1. The molecule has 5 rings (SSSR count). The predicted molar refractivity (Wildman–Crippen MR) is 154 cm³/mol. The second-order valence-corrected chi connectivity index (χ2v) is 11.4. The van der Waals surface area contributed by atoms with Crippen LogP contribution in [0, 0.1) is 0 Å². The highest BCUT2D eigenvalue weighted by Crippen LogP contribution is 2.26. The zero-order chi connectivity index (χ0) is 27.5. The highest BCUT2D eigenvalue weighted by atomic mass is 16.3. The summed E-state index contributed by atoms with van der Waals surface area (Å²) in [5, 5.41) is 18.8. The van der Waals surface area contributed by atoms with Gasteiger partial charge in [-0.05, 0) is 24.3 Å². The second-order valence-electron chi connectivity index (χ2n) is 11.4. The van der Waals surface area contributed by atoms with Gasteiger partial charge in [0.15, 0.2) is 5.43 Å². The first-order chi connectivity index (χ1) is 18.8. The summed E-state index contributed by atoms with van der Waals surface area (Å²) < 4.78 is 1.76. The van der Waals surface area contributed by atoms with Crippen LogP contribution in [-0.4, -0.2) is 127 Å². The van der Waals surface area contributed by atoms with Crippen LogP contribution in [0.4, 0.5) is 11.4 Å². The molecule has 0 saturated carbocycles. The van der Waals surface area contributed by atoms with Gasteiger partial charge < -0.3 is 34.0 Å². The quantitative estimate of drug-likeness (QED) is 0.370. The normalized spacial score (nSPS) is 18.8. The molecule has 0 aliphatic carbocycles. The van der Waals surface area contributed by atoms with Gasteiger partial charge in [-0.2, -0.15) is 0 Å². The molecule has 0 bridgehead atoms. The lowest BCUT2D eigenvalue weighted by atomic mass is 10.1. The lowest BCUT2D eigenvalue weighted by Gasteiger charge is -2.42. The molecule has 208 valence electrons. The van der Waals surface area contributed by atoms with E-state index in [1.807, 2.05) is 24.3 Å². The fourth-order valence-corrected chi connectivity index (χ4v) is 5.69. The van der Waals surface area contributed by atoms with E-state index in [0.717, 1.165) is 97.2 Å². The van der Waals surface area contributed by atoms with Crippen LogP contribution in [0.2, 0.25) is 0 Å². The summed E-state index contributed by atoms with van der Waals surface area (Å²) in [6.07, 6.45) is 3.59. The number of likely N-dealkylation sites (N-methyl/N-ethyl adjacent to an activating group) is 2. The fraction of sp³-hybridized carbons (Fsp3) is 0.483. The van der Waals surface area contributed by atoms with Gasteiger partial charge in [-0.25, -0.2) is 0 Å². The van der Waals surface area contributed by atoms with Crippen LogP contribution in [-0.2, 0) is 0 Å². The molecular weight excluding hydrogens is 494 g/mol. The molecule has 3 N–H and O–H groups in total. The maximum atomic E-state index is 12.8. The number of anilines is 2. The van der Waals surface area contributed by atoms with Gasteiger partial charge in [-0.15, -0.1) is 0 Å². The van der Waals surface area contributed by atoms with E-state index in [0.29, 0.717) is 11.4 Å². The van der Waals surface area contributed by atoms with Crippen molar-refractivity contribution in [2.75, 3.05) is 103 Å². The number of aromatic nitrogens is 3. The minimum atomic E-state index is -0.0942. The highest BCUT2D eigenvalue weighted by molar-refractivity contribution is 5.67. The van der Waals surface area contributed by atoms with Gasteiger partial charge in [0, 0.05) is 35.9 Å². The Hall–Kier alpha value is -3.31. The molecule has 10 heteroatoms. The Kier molecular flexibility index (Phi) is 7.99. The molecule has 3 aromatic heterocycles. The molecule has 3 aromatic rings. The molecule has 2 aliphatic heterocycles. The molecule has 0 atom stereocenters. The van der Waals surface area contributed by atoms with Crippen molar-refractivity contribution in [2.45, 2.75) is 0 Å². The van der Waals surface area contributed by atoms with Gasteiger partial charge in [-0.3, -0.25) is 14.8 Å². The summed E-state index contributed by atoms with van der Waals surface area (Å²) in [7, 11) is 4.40. The number of pyridine rings is 3. The maximum absolute atomic E-state index is 12.8. The lowest BCUT2D eigenvalue weighted by molar-refractivity contribution is -0.910. The van der Waals surface area contributed by atoms with E-state index < -0.39 is 0 Å². The summed E-state index contributed by atoms with van der Waals surface area (Å²) in [6, 6.07) is 11.3.